The summed E-state index contributed by atoms with van der Waals surface area (Å²) < 4.78 is 28.8. The molecule has 2 heterocycles. The third-order valence-electron chi connectivity index (χ3n) is 5.05. The first-order valence-electron chi connectivity index (χ1n) is 9.91. The number of hydrogen-bond donors (Lipinski definition) is 2. The second-order valence-electron chi connectivity index (χ2n) is 7.80. The van der Waals surface area contributed by atoms with Gasteiger partial charge in [-0.3, -0.25) is 4.79 Å². The van der Waals surface area contributed by atoms with E-state index in [0.29, 0.717) is 37.8 Å². The Balaban J connectivity index is 1.65. The molecule has 0 aliphatic carbocycles. The van der Waals surface area contributed by atoms with Gasteiger partial charge in [0, 0.05) is 25.3 Å². The molecule has 1 aliphatic rings. The molecule has 3 rings (SSSR count). The normalized spacial score (nSPS) is 18.1. The minimum absolute atomic E-state index is 0.120. The van der Waals surface area contributed by atoms with Gasteiger partial charge in [-0.2, -0.15) is 0 Å². The maximum atomic E-state index is 12.3. The van der Waals surface area contributed by atoms with E-state index in [2.05, 4.69) is 15.6 Å². The van der Waals surface area contributed by atoms with Crippen LogP contribution in [0.25, 0.3) is 0 Å². The number of guanidine groups is 1. The highest BCUT2D eigenvalue weighted by Crippen LogP contribution is 2.24. The van der Waals surface area contributed by atoms with Crippen LogP contribution in [-0.2, 0) is 16.4 Å². The van der Waals surface area contributed by atoms with Gasteiger partial charge in [0.2, 0.25) is 0 Å². The average molecular weight is 433 g/mol. The van der Waals surface area contributed by atoms with E-state index < -0.39 is 14.6 Å². The number of carbonyl (C=O) groups is 1. The Kier molecular flexibility index (Phi) is 6.50. The lowest BCUT2D eigenvalue weighted by Gasteiger charge is -2.39. The molecular formula is C21H28N4O4S. The molecule has 1 aliphatic heterocycles. The Morgan fingerprint density at radius 1 is 1.23 bits per heavy atom. The number of benzene rings is 1. The number of anilines is 1. The summed E-state index contributed by atoms with van der Waals surface area (Å²) in [5, 5.41) is 6.03. The molecule has 1 fully saturated rings. The van der Waals surface area contributed by atoms with Crippen LogP contribution in [0.15, 0.2) is 52.1 Å². The number of rotatable bonds is 5. The second kappa shape index (κ2) is 8.91. The van der Waals surface area contributed by atoms with Crippen molar-refractivity contribution in [3.05, 3.63) is 54.0 Å². The van der Waals surface area contributed by atoms with Crippen LogP contribution in [0.2, 0.25) is 0 Å². The molecule has 0 spiro atoms. The monoisotopic (exact) mass is 432 g/mol. The highest BCUT2D eigenvalue weighted by atomic mass is 32.2. The fraction of sp³-hybridized carbons (Fsp3) is 0.429. The lowest BCUT2D eigenvalue weighted by molar-refractivity contribution is 0.0996. The van der Waals surface area contributed by atoms with Gasteiger partial charge in [-0.1, -0.05) is 12.1 Å². The average Bonchev–Trinajstić information content (AvgIpc) is 3.23. The fourth-order valence-electron chi connectivity index (χ4n) is 3.21. The predicted molar refractivity (Wildman–Crippen MR) is 117 cm³/mol. The lowest BCUT2D eigenvalue weighted by atomic mass is 10.2. The van der Waals surface area contributed by atoms with Gasteiger partial charge in [-0.25, -0.2) is 13.4 Å². The molecule has 2 aromatic rings. The highest BCUT2D eigenvalue weighted by Gasteiger charge is 2.40. The van der Waals surface area contributed by atoms with E-state index in [1.54, 1.807) is 26.0 Å². The van der Waals surface area contributed by atoms with Crippen molar-refractivity contribution in [2.45, 2.75) is 32.1 Å². The number of carbonyl (C=O) groups excluding carboxylic acids is 1. The topological polar surface area (TPSA) is 104 Å². The third-order valence-corrected chi connectivity index (χ3v) is 7.58. The first-order valence-corrected chi connectivity index (χ1v) is 11.6. The van der Waals surface area contributed by atoms with Crippen molar-refractivity contribution < 1.29 is 17.6 Å². The molecule has 162 valence electrons. The lowest BCUT2D eigenvalue weighted by Crippen LogP contribution is -2.57. The van der Waals surface area contributed by atoms with Gasteiger partial charge >= 0.3 is 0 Å². The Morgan fingerprint density at radius 3 is 2.57 bits per heavy atom. The van der Waals surface area contributed by atoms with E-state index >= 15 is 0 Å². The number of nitrogens with one attached hydrogen (secondary N) is 2. The summed E-state index contributed by atoms with van der Waals surface area (Å²) >= 11 is 0. The third kappa shape index (κ3) is 5.02. The van der Waals surface area contributed by atoms with Crippen LogP contribution in [0.4, 0.5) is 5.69 Å². The summed E-state index contributed by atoms with van der Waals surface area (Å²) in [6.45, 7) is 7.46. The van der Waals surface area contributed by atoms with Crippen molar-refractivity contribution in [3.8, 4) is 0 Å². The van der Waals surface area contributed by atoms with Gasteiger partial charge in [0.25, 0.3) is 5.91 Å². The molecule has 8 nitrogen and oxygen atoms in total. The molecule has 9 heteroatoms. The molecule has 0 bridgehead atoms. The summed E-state index contributed by atoms with van der Waals surface area (Å²) in [6.07, 6.45) is 1.46. The van der Waals surface area contributed by atoms with Crippen molar-refractivity contribution in [3.63, 3.8) is 0 Å². The van der Waals surface area contributed by atoms with E-state index in [4.69, 9.17) is 4.42 Å². The summed E-state index contributed by atoms with van der Waals surface area (Å²) in [6, 6.07) is 10.7. The van der Waals surface area contributed by atoms with Crippen molar-refractivity contribution in [1.82, 2.24) is 10.2 Å². The molecule has 0 unspecified atom stereocenters. The molecule has 0 saturated carbocycles. The van der Waals surface area contributed by atoms with Crippen LogP contribution >= 0.6 is 0 Å². The van der Waals surface area contributed by atoms with Gasteiger partial charge in [-0.15, -0.1) is 0 Å². The molecule has 0 atom stereocenters. The molecule has 1 aromatic heterocycles. The molecule has 1 aromatic carbocycles. The molecule has 1 amide bonds. The van der Waals surface area contributed by atoms with E-state index in [1.807, 2.05) is 36.1 Å². The molecule has 0 radical (unpaired) electrons. The first-order chi connectivity index (χ1) is 14.2. The first kappa shape index (κ1) is 21.9. The van der Waals surface area contributed by atoms with Crippen LogP contribution in [0.3, 0.4) is 0 Å². The number of sulfone groups is 1. The number of hydrogen-bond acceptors (Lipinski definition) is 5. The number of furan rings is 1. The van der Waals surface area contributed by atoms with Crippen LogP contribution in [0, 0.1) is 0 Å². The smallest absolute Gasteiger partial charge is 0.291 e. The Bertz CT molecular complexity index is 996. The zero-order valence-corrected chi connectivity index (χ0v) is 18.3. The summed E-state index contributed by atoms with van der Waals surface area (Å²) in [4.78, 5) is 18.7. The fourth-order valence-corrected chi connectivity index (χ4v) is 4.58. The van der Waals surface area contributed by atoms with E-state index in [9.17, 15) is 13.2 Å². The summed E-state index contributed by atoms with van der Waals surface area (Å²) in [5.41, 5.74) is 1.64. The highest BCUT2D eigenvalue weighted by molar-refractivity contribution is 7.92. The maximum Gasteiger partial charge on any atom is 0.291 e. The molecule has 2 N–H and O–H groups in total. The largest absolute Gasteiger partial charge is 0.459 e. The SMILES string of the molecule is CCNC(=NCc1ccc(NC(=O)c2ccco2)cc1)N1CCS(=O)(=O)C(C)(C)C1. The molecule has 1 saturated heterocycles. The standard InChI is InChI=1S/C21H28N4O4S/c1-4-22-20(25-11-13-30(27,28)21(2,3)15-25)23-14-16-7-9-17(10-8-16)24-19(26)18-6-5-12-29-18/h5-10,12H,4,11,13-15H2,1-3H3,(H,22,23)(H,24,26). The summed E-state index contributed by atoms with van der Waals surface area (Å²) in [5.74, 6) is 0.776. The van der Waals surface area contributed by atoms with Gasteiger partial charge in [0.05, 0.1) is 23.3 Å². The van der Waals surface area contributed by atoms with Gasteiger partial charge in [0.1, 0.15) is 0 Å². The predicted octanol–water partition coefficient (Wildman–Crippen LogP) is 2.51. The zero-order valence-electron chi connectivity index (χ0n) is 17.5. The van der Waals surface area contributed by atoms with E-state index in [0.717, 1.165) is 5.56 Å². The van der Waals surface area contributed by atoms with Crippen LogP contribution in [0.1, 0.15) is 36.9 Å². The zero-order chi connectivity index (χ0) is 21.8. The van der Waals surface area contributed by atoms with Crippen molar-refractivity contribution >= 4 is 27.4 Å². The van der Waals surface area contributed by atoms with Crippen molar-refractivity contribution in [2.75, 3.05) is 30.7 Å². The van der Waals surface area contributed by atoms with Gasteiger partial charge in [-0.05, 0) is 50.6 Å². The van der Waals surface area contributed by atoms with Crippen LogP contribution in [0.5, 0.6) is 0 Å². The number of aliphatic imine (C=N–C) groups is 1. The van der Waals surface area contributed by atoms with E-state index in [-0.39, 0.29) is 17.4 Å². The number of nitrogens with zero attached hydrogens (tertiary/aromatic N) is 2. The van der Waals surface area contributed by atoms with Gasteiger partial charge < -0.3 is 20.0 Å². The van der Waals surface area contributed by atoms with E-state index in [1.165, 1.54) is 6.26 Å². The van der Waals surface area contributed by atoms with Crippen molar-refractivity contribution in [2.24, 2.45) is 4.99 Å². The molecular weight excluding hydrogens is 404 g/mol. The van der Waals surface area contributed by atoms with Gasteiger partial charge in [0.15, 0.2) is 21.6 Å². The Hall–Kier alpha value is -2.81. The Morgan fingerprint density at radius 2 is 1.97 bits per heavy atom. The maximum absolute atomic E-state index is 12.3. The van der Waals surface area contributed by atoms with Crippen LogP contribution in [-0.4, -0.2) is 55.3 Å². The quantitative estimate of drug-likeness (QED) is 0.556. The van der Waals surface area contributed by atoms with Crippen LogP contribution < -0.4 is 10.6 Å². The minimum Gasteiger partial charge on any atom is -0.459 e. The molecule has 30 heavy (non-hydrogen) atoms. The minimum atomic E-state index is -3.11. The summed E-state index contributed by atoms with van der Waals surface area (Å²) in [7, 11) is -3.11. The van der Waals surface area contributed by atoms with Crippen molar-refractivity contribution in [1.29, 1.82) is 0 Å². The number of amides is 1. The Labute approximate surface area is 177 Å². The second-order valence-corrected chi connectivity index (χ2v) is 10.5.